The molecule has 150 valence electrons. The molecule has 2 amide bonds. The van der Waals surface area contributed by atoms with E-state index in [-0.39, 0.29) is 17.9 Å². The molecule has 1 heterocycles. The number of carbonyl (C=O) groups excluding carboxylic acids is 2. The number of hydrogen-bond donors (Lipinski definition) is 2. The van der Waals surface area contributed by atoms with Crippen LogP contribution in [0.2, 0.25) is 0 Å². The molecule has 1 fully saturated rings. The first-order valence-electron chi connectivity index (χ1n) is 9.94. The van der Waals surface area contributed by atoms with E-state index >= 15 is 0 Å². The second kappa shape index (κ2) is 8.33. The molecule has 0 saturated carbocycles. The summed E-state index contributed by atoms with van der Waals surface area (Å²) in [5.41, 5.74) is 7.48. The molecule has 0 aliphatic carbocycles. The molecule has 1 aliphatic rings. The fourth-order valence-electron chi connectivity index (χ4n) is 3.65. The van der Waals surface area contributed by atoms with Crippen LogP contribution in [0.3, 0.4) is 0 Å². The Kier molecular flexibility index (Phi) is 5.44. The van der Waals surface area contributed by atoms with E-state index in [0.29, 0.717) is 5.56 Å². The number of nitrogens with one attached hydrogen (secondary N) is 2. The highest BCUT2D eigenvalue weighted by Crippen LogP contribution is 2.26. The molecule has 0 aromatic heterocycles. The van der Waals surface area contributed by atoms with Crippen molar-refractivity contribution in [3.8, 4) is 0 Å². The fourth-order valence-corrected chi connectivity index (χ4v) is 3.65. The quantitative estimate of drug-likeness (QED) is 0.663. The van der Waals surface area contributed by atoms with Gasteiger partial charge in [-0.3, -0.25) is 9.59 Å². The van der Waals surface area contributed by atoms with E-state index in [9.17, 15) is 9.59 Å². The van der Waals surface area contributed by atoms with Gasteiger partial charge in [0.05, 0.1) is 0 Å². The van der Waals surface area contributed by atoms with E-state index in [1.807, 2.05) is 92.9 Å². The molecular weight excluding hydrogens is 374 g/mol. The molecule has 4 rings (SSSR count). The molecule has 1 saturated heterocycles. The van der Waals surface area contributed by atoms with Crippen LogP contribution in [0.1, 0.15) is 38.7 Å². The predicted molar refractivity (Wildman–Crippen MR) is 116 cm³/mol. The topological polar surface area (TPSA) is 61.2 Å². The molecule has 0 spiro atoms. The zero-order valence-corrected chi connectivity index (χ0v) is 17.0. The van der Waals surface area contributed by atoms with Crippen LogP contribution >= 0.6 is 0 Å². The Bertz CT molecular complexity index is 1100. The number of hydrazone groups is 1. The van der Waals surface area contributed by atoms with Crippen molar-refractivity contribution in [1.82, 2.24) is 10.7 Å². The minimum absolute atomic E-state index is 0.242. The molecule has 0 unspecified atom stereocenters. The van der Waals surface area contributed by atoms with Crippen molar-refractivity contribution >= 4 is 18.0 Å². The summed E-state index contributed by atoms with van der Waals surface area (Å²) in [4.78, 5) is 25.7. The lowest BCUT2D eigenvalue weighted by molar-refractivity contribution is -0.596. The summed E-state index contributed by atoms with van der Waals surface area (Å²) in [6.07, 6.45) is 1.89. The minimum Gasteiger partial charge on any atom is -0.334 e. The molecule has 0 radical (unpaired) electrons. The number of benzene rings is 3. The lowest BCUT2D eigenvalue weighted by Crippen LogP contribution is -2.42. The van der Waals surface area contributed by atoms with Crippen LogP contribution < -0.4 is 10.7 Å². The van der Waals surface area contributed by atoms with Crippen LogP contribution in [0.15, 0.2) is 78.9 Å². The Morgan fingerprint density at radius 2 is 1.67 bits per heavy atom. The highest BCUT2D eigenvalue weighted by Gasteiger charge is 2.47. The number of amides is 2. The van der Waals surface area contributed by atoms with Gasteiger partial charge in [-0.2, -0.15) is 0 Å². The monoisotopic (exact) mass is 398 g/mol. The van der Waals surface area contributed by atoms with Gasteiger partial charge in [-0.1, -0.05) is 65.7 Å². The summed E-state index contributed by atoms with van der Waals surface area (Å²) in [6.45, 7) is 3.96. The average molecular weight is 398 g/mol. The standard InChI is InChI=1S/C25H23N3O2/c1-17-11-13-20(14-12-17)23-22(26-24(29)21-10-6-7-18(2)15-21)25(30)27-28(23)16-19-8-4-3-5-9-19/h3-16,22-23H,1-2H3,(H-,26,27,29,30)/p+1/b28-16-/t22-,23-/m0/s1. The Morgan fingerprint density at radius 3 is 2.37 bits per heavy atom. The average Bonchev–Trinajstić information content (AvgIpc) is 3.04. The maximum absolute atomic E-state index is 12.9. The first-order valence-corrected chi connectivity index (χ1v) is 9.94. The summed E-state index contributed by atoms with van der Waals surface area (Å²) in [5.74, 6) is -0.508. The molecular formula is C25H24N3O2+. The lowest BCUT2D eigenvalue weighted by atomic mass is 9.98. The SMILES string of the molecule is Cc1ccc([C@H]2[C@H](NC(=O)c3cccc(C)c3)C(=O)N/[N+]2=C\c2ccccc2)cc1. The van der Waals surface area contributed by atoms with E-state index < -0.39 is 6.04 Å². The van der Waals surface area contributed by atoms with E-state index in [4.69, 9.17) is 0 Å². The zero-order valence-electron chi connectivity index (χ0n) is 17.0. The summed E-state index contributed by atoms with van der Waals surface area (Å²) in [6, 6.07) is 24.1. The third-order valence-electron chi connectivity index (χ3n) is 5.21. The van der Waals surface area contributed by atoms with Crippen molar-refractivity contribution < 1.29 is 14.3 Å². The van der Waals surface area contributed by atoms with Crippen molar-refractivity contribution in [2.45, 2.75) is 25.9 Å². The van der Waals surface area contributed by atoms with E-state index in [1.165, 1.54) is 0 Å². The predicted octanol–water partition coefficient (Wildman–Crippen LogP) is 3.32. The van der Waals surface area contributed by atoms with Crippen LogP contribution in [0.5, 0.6) is 0 Å². The van der Waals surface area contributed by atoms with Crippen LogP contribution in [0.25, 0.3) is 0 Å². The number of nitrogens with zero attached hydrogens (tertiary/aromatic N) is 1. The van der Waals surface area contributed by atoms with Gasteiger partial charge in [0.25, 0.3) is 5.91 Å². The summed E-state index contributed by atoms with van der Waals surface area (Å²) >= 11 is 0. The van der Waals surface area contributed by atoms with Gasteiger partial charge >= 0.3 is 5.91 Å². The Morgan fingerprint density at radius 1 is 0.933 bits per heavy atom. The van der Waals surface area contributed by atoms with Crippen LogP contribution in [-0.2, 0) is 4.79 Å². The van der Waals surface area contributed by atoms with Crippen molar-refractivity contribution in [1.29, 1.82) is 0 Å². The zero-order chi connectivity index (χ0) is 21.1. The van der Waals surface area contributed by atoms with E-state index in [1.54, 1.807) is 10.8 Å². The smallest absolute Gasteiger partial charge is 0.304 e. The first-order chi connectivity index (χ1) is 14.5. The molecule has 0 bridgehead atoms. The summed E-state index contributed by atoms with van der Waals surface area (Å²) in [7, 11) is 0. The Labute approximate surface area is 176 Å². The van der Waals surface area contributed by atoms with Crippen molar-refractivity contribution in [2.24, 2.45) is 0 Å². The molecule has 5 heteroatoms. The van der Waals surface area contributed by atoms with Gasteiger partial charge in [0.2, 0.25) is 12.3 Å². The molecule has 5 nitrogen and oxygen atoms in total. The molecule has 3 aromatic rings. The van der Waals surface area contributed by atoms with E-state index in [0.717, 1.165) is 22.3 Å². The molecule has 2 atom stereocenters. The maximum Gasteiger partial charge on any atom is 0.304 e. The maximum atomic E-state index is 12.9. The van der Waals surface area contributed by atoms with Crippen LogP contribution in [0, 0.1) is 13.8 Å². The van der Waals surface area contributed by atoms with Gasteiger partial charge in [-0.15, -0.1) is 10.1 Å². The molecule has 2 N–H and O–H groups in total. The molecule has 1 aliphatic heterocycles. The largest absolute Gasteiger partial charge is 0.334 e. The Balaban J connectivity index is 1.70. The van der Waals surface area contributed by atoms with Gasteiger partial charge < -0.3 is 5.32 Å². The molecule has 30 heavy (non-hydrogen) atoms. The van der Waals surface area contributed by atoms with Crippen molar-refractivity contribution in [2.75, 3.05) is 0 Å². The first kappa shape index (κ1) is 19.6. The minimum atomic E-state index is -0.722. The van der Waals surface area contributed by atoms with E-state index in [2.05, 4.69) is 10.7 Å². The van der Waals surface area contributed by atoms with Gasteiger partial charge in [0.1, 0.15) is 0 Å². The molecule has 3 aromatic carbocycles. The van der Waals surface area contributed by atoms with Crippen molar-refractivity contribution in [3.05, 3.63) is 107 Å². The van der Waals surface area contributed by atoms with Gasteiger partial charge in [-0.05, 0) is 38.1 Å². The summed E-state index contributed by atoms with van der Waals surface area (Å²) in [5, 5.41) is 2.94. The second-order valence-electron chi connectivity index (χ2n) is 7.60. The highest BCUT2D eigenvalue weighted by molar-refractivity contribution is 5.98. The number of carbonyl (C=O) groups is 2. The Hall–Kier alpha value is -3.73. The van der Waals surface area contributed by atoms with Crippen LogP contribution in [0.4, 0.5) is 0 Å². The third-order valence-corrected chi connectivity index (χ3v) is 5.21. The van der Waals surface area contributed by atoms with Crippen LogP contribution in [-0.4, -0.2) is 28.8 Å². The van der Waals surface area contributed by atoms with Gasteiger partial charge in [0.15, 0.2) is 6.04 Å². The second-order valence-corrected chi connectivity index (χ2v) is 7.60. The van der Waals surface area contributed by atoms with Crippen molar-refractivity contribution in [3.63, 3.8) is 0 Å². The highest BCUT2D eigenvalue weighted by atomic mass is 16.2. The number of hydrazine groups is 1. The van der Waals surface area contributed by atoms with Gasteiger partial charge in [0, 0.05) is 16.7 Å². The fraction of sp³-hybridized carbons (Fsp3) is 0.160. The number of rotatable bonds is 4. The third kappa shape index (κ3) is 4.15. The van der Waals surface area contributed by atoms with Gasteiger partial charge in [-0.25, -0.2) is 0 Å². The number of hydrogen-bond acceptors (Lipinski definition) is 2. The number of aryl methyl sites for hydroxylation is 2. The summed E-state index contributed by atoms with van der Waals surface area (Å²) < 4.78 is 1.78. The normalized spacial score (nSPS) is 19.5. The lowest BCUT2D eigenvalue weighted by Gasteiger charge is -2.15.